The van der Waals surface area contributed by atoms with Gasteiger partial charge in [-0.3, -0.25) is 10.2 Å². The lowest BCUT2D eigenvalue weighted by molar-refractivity contribution is 0.106. The molecule has 104 valence electrons. The second kappa shape index (κ2) is 6.82. The molecular formula is C16H12BrN3O. The van der Waals surface area contributed by atoms with Crippen molar-refractivity contribution in [1.29, 1.82) is 5.26 Å². The van der Waals surface area contributed by atoms with Crippen molar-refractivity contribution in [3.05, 3.63) is 64.1 Å². The lowest BCUT2D eigenvalue weighted by Gasteiger charge is -2.02. The average Bonchev–Trinajstić information content (AvgIpc) is 2.50. The molecule has 5 heteroatoms. The van der Waals surface area contributed by atoms with Gasteiger partial charge < -0.3 is 0 Å². The predicted molar refractivity (Wildman–Crippen MR) is 86.3 cm³/mol. The van der Waals surface area contributed by atoms with Gasteiger partial charge in [-0.05, 0) is 31.2 Å². The van der Waals surface area contributed by atoms with E-state index in [9.17, 15) is 4.79 Å². The van der Waals surface area contributed by atoms with E-state index >= 15 is 0 Å². The molecule has 0 aliphatic heterocycles. The molecule has 0 heterocycles. The molecule has 4 nitrogen and oxygen atoms in total. The molecule has 0 unspecified atom stereocenters. The normalized spacial score (nSPS) is 10.8. The fourth-order valence-corrected chi connectivity index (χ4v) is 1.88. The monoisotopic (exact) mass is 341 g/mol. The molecule has 0 atom stereocenters. The first-order valence-electron chi connectivity index (χ1n) is 6.21. The van der Waals surface area contributed by atoms with E-state index in [0.717, 1.165) is 10.0 Å². The number of hydrazone groups is 1. The Morgan fingerprint density at radius 3 is 2.33 bits per heavy atom. The van der Waals surface area contributed by atoms with Crippen LogP contribution >= 0.6 is 15.9 Å². The number of rotatable bonds is 4. The lowest BCUT2D eigenvalue weighted by Crippen LogP contribution is -2.14. The van der Waals surface area contributed by atoms with Crippen molar-refractivity contribution in [1.82, 2.24) is 0 Å². The van der Waals surface area contributed by atoms with Crippen molar-refractivity contribution in [3.63, 3.8) is 0 Å². The summed E-state index contributed by atoms with van der Waals surface area (Å²) in [6.07, 6.45) is 0. The third-order valence-electron chi connectivity index (χ3n) is 2.78. The van der Waals surface area contributed by atoms with Crippen LogP contribution in [0, 0.1) is 18.3 Å². The van der Waals surface area contributed by atoms with E-state index < -0.39 is 5.78 Å². The molecule has 1 N–H and O–H groups in total. The molecule has 0 aromatic heterocycles. The van der Waals surface area contributed by atoms with Gasteiger partial charge in [-0.15, -0.1) is 0 Å². The number of anilines is 1. The van der Waals surface area contributed by atoms with Crippen molar-refractivity contribution in [3.8, 4) is 6.07 Å². The Morgan fingerprint density at radius 1 is 1.14 bits per heavy atom. The summed E-state index contributed by atoms with van der Waals surface area (Å²) in [6, 6.07) is 16.1. The van der Waals surface area contributed by atoms with E-state index in [4.69, 9.17) is 5.26 Å². The Morgan fingerprint density at radius 2 is 1.76 bits per heavy atom. The van der Waals surface area contributed by atoms with Crippen molar-refractivity contribution in [2.75, 3.05) is 5.43 Å². The molecule has 21 heavy (non-hydrogen) atoms. The quantitative estimate of drug-likeness (QED) is 0.520. The van der Waals surface area contributed by atoms with Crippen LogP contribution in [0.3, 0.4) is 0 Å². The van der Waals surface area contributed by atoms with Crippen LogP contribution in [0.25, 0.3) is 0 Å². The molecule has 0 spiro atoms. The summed E-state index contributed by atoms with van der Waals surface area (Å²) in [4.78, 5) is 12.2. The van der Waals surface area contributed by atoms with Crippen LogP contribution in [0.4, 0.5) is 5.69 Å². The van der Waals surface area contributed by atoms with Crippen molar-refractivity contribution >= 4 is 33.1 Å². The molecule has 0 radical (unpaired) electrons. The Balaban J connectivity index is 2.17. The summed E-state index contributed by atoms with van der Waals surface area (Å²) in [5, 5.41) is 13.0. The second-order valence-electron chi connectivity index (χ2n) is 4.39. The summed E-state index contributed by atoms with van der Waals surface area (Å²) in [7, 11) is 0. The zero-order valence-electron chi connectivity index (χ0n) is 11.3. The zero-order chi connectivity index (χ0) is 15.2. The highest BCUT2D eigenvalue weighted by Crippen LogP contribution is 2.14. The highest BCUT2D eigenvalue weighted by atomic mass is 79.9. The molecule has 0 saturated heterocycles. The van der Waals surface area contributed by atoms with E-state index in [2.05, 4.69) is 26.5 Å². The number of halogens is 1. The topological polar surface area (TPSA) is 65.2 Å². The van der Waals surface area contributed by atoms with Gasteiger partial charge in [-0.1, -0.05) is 45.8 Å². The van der Waals surface area contributed by atoms with E-state index in [-0.39, 0.29) is 5.71 Å². The minimum Gasteiger partial charge on any atom is -0.286 e. The van der Waals surface area contributed by atoms with E-state index in [1.165, 1.54) is 0 Å². The number of hydrogen-bond donors (Lipinski definition) is 1. The number of nitrogens with one attached hydrogen (secondary N) is 1. The first-order valence-corrected chi connectivity index (χ1v) is 7.00. The molecule has 0 bridgehead atoms. The summed E-state index contributed by atoms with van der Waals surface area (Å²) in [5.74, 6) is -0.401. The summed E-state index contributed by atoms with van der Waals surface area (Å²) >= 11 is 3.33. The van der Waals surface area contributed by atoms with Gasteiger partial charge in [0.05, 0.1) is 5.69 Å². The second-order valence-corrected chi connectivity index (χ2v) is 5.30. The van der Waals surface area contributed by atoms with Crippen LogP contribution in [0.5, 0.6) is 0 Å². The predicted octanol–water partition coefficient (Wildman–Crippen LogP) is 3.93. The van der Waals surface area contributed by atoms with Gasteiger partial charge >= 0.3 is 0 Å². The highest BCUT2D eigenvalue weighted by Gasteiger charge is 2.13. The Bertz CT molecular complexity index is 713. The fourth-order valence-electron chi connectivity index (χ4n) is 1.61. The SMILES string of the molecule is Cc1ccc(C(=O)/C(C#N)=N\Nc2ccc(Br)cc2)cc1. The average molecular weight is 342 g/mol. The number of benzene rings is 2. The molecule has 0 fully saturated rings. The van der Waals surface area contributed by atoms with Gasteiger partial charge in [0.2, 0.25) is 11.5 Å². The highest BCUT2D eigenvalue weighted by molar-refractivity contribution is 9.10. The first-order chi connectivity index (χ1) is 10.1. The van der Waals surface area contributed by atoms with Gasteiger partial charge in [0.1, 0.15) is 6.07 Å². The standard InChI is InChI=1S/C16H12BrN3O/c1-11-2-4-12(5-3-11)16(21)15(10-18)20-19-14-8-6-13(17)7-9-14/h2-9,19H,1H3/b20-15-. The molecular weight excluding hydrogens is 330 g/mol. The van der Waals surface area contributed by atoms with Crippen LogP contribution in [-0.4, -0.2) is 11.5 Å². The van der Waals surface area contributed by atoms with Crippen LogP contribution in [0.1, 0.15) is 15.9 Å². The van der Waals surface area contributed by atoms with Crippen LogP contribution in [0.15, 0.2) is 58.1 Å². The Kier molecular flexibility index (Phi) is 4.85. The molecule has 0 aliphatic rings. The van der Waals surface area contributed by atoms with Gasteiger partial charge in [0, 0.05) is 10.0 Å². The fraction of sp³-hybridized carbons (Fsp3) is 0.0625. The summed E-state index contributed by atoms with van der Waals surface area (Å²) < 4.78 is 0.938. The third kappa shape index (κ3) is 4.01. The van der Waals surface area contributed by atoms with Crippen molar-refractivity contribution in [2.45, 2.75) is 6.92 Å². The van der Waals surface area contributed by atoms with Gasteiger partial charge in [-0.25, -0.2) is 0 Å². The smallest absolute Gasteiger partial charge is 0.223 e. The molecule has 0 saturated carbocycles. The molecule has 0 amide bonds. The number of nitriles is 1. The number of aryl methyl sites for hydroxylation is 1. The van der Waals surface area contributed by atoms with Crippen molar-refractivity contribution in [2.24, 2.45) is 5.10 Å². The maximum Gasteiger partial charge on any atom is 0.223 e. The molecule has 2 aromatic rings. The first kappa shape index (κ1) is 14.9. The maximum absolute atomic E-state index is 12.2. The molecule has 2 rings (SSSR count). The zero-order valence-corrected chi connectivity index (χ0v) is 12.9. The van der Waals surface area contributed by atoms with Gasteiger partial charge in [0.15, 0.2) is 0 Å². The van der Waals surface area contributed by atoms with Crippen LogP contribution in [0.2, 0.25) is 0 Å². The molecule has 2 aromatic carbocycles. The number of carbonyl (C=O) groups excluding carboxylic acids is 1. The summed E-state index contributed by atoms with van der Waals surface area (Å²) in [5.41, 5.74) is 4.72. The van der Waals surface area contributed by atoms with E-state index in [0.29, 0.717) is 11.3 Å². The maximum atomic E-state index is 12.2. The molecule has 0 aliphatic carbocycles. The largest absolute Gasteiger partial charge is 0.286 e. The van der Waals surface area contributed by atoms with E-state index in [1.54, 1.807) is 24.3 Å². The number of nitrogens with zero attached hydrogens (tertiary/aromatic N) is 2. The van der Waals surface area contributed by atoms with Gasteiger partial charge in [0.25, 0.3) is 0 Å². The van der Waals surface area contributed by atoms with Crippen LogP contribution in [-0.2, 0) is 0 Å². The third-order valence-corrected chi connectivity index (χ3v) is 3.30. The van der Waals surface area contributed by atoms with Crippen LogP contribution < -0.4 is 5.43 Å². The number of hydrogen-bond acceptors (Lipinski definition) is 4. The Labute approximate surface area is 131 Å². The number of ketones is 1. The minimum absolute atomic E-state index is 0.179. The Hall–Kier alpha value is -2.45. The summed E-state index contributed by atoms with van der Waals surface area (Å²) in [6.45, 7) is 1.93. The van der Waals surface area contributed by atoms with E-state index in [1.807, 2.05) is 37.3 Å². The number of carbonyl (C=O) groups is 1. The van der Waals surface area contributed by atoms with Gasteiger partial charge in [-0.2, -0.15) is 10.4 Å². The van der Waals surface area contributed by atoms with Crippen molar-refractivity contribution < 1.29 is 4.79 Å². The lowest BCUT2D eigenvalue weighted by atomic mass is 10.1. The minimum atomic E-state index is -0.401. The number of Topliss-reactive ketones (excluding diaryl/α,β-unsaturated/α-hetero) is 1.